The van der Waals surface area contributed by atoms with E-state index in [-0.39, 0.29) is 5.91 Å². The van der Waals surface area contributed by atoms with Gasteiger partial charge in [-0.2, -0.15) is 0 Å². The average molecular weight is 258 g/mol. The van der Waals surface area contributed by atoms with Crippen LogP contribution in [-0.4, -0.2) is 16.5 Å². The molecule has 1 aromatic heterocycles. The molecular formula is C16H22N2O. The van der Waals surface area contributed by atoms with Crippen LogP contribution in [0.25, 0.3) is 10.9 Å². The van der Waals surface area contributed by atoms with Crippen molar-refractivity contribution in [2.45, 2.75) is 45.7 Å². The number of carbonyl (C=O) groups excluding carboxylic acids is 1. The summed E-state index contributed by atoms with van der Waals surface area (Å²) in [6, 6.07) is 10.7. The fraction of sp³-hybridized carbons (Fsp3) is 0.438. The minimum Gasteiger partial charge on any atom is -0.353 e. The van der Waals surface area contributed by atoms with E-state index in [1.165, 1.54) is 10.9 Å². The van der Waals surface area contributed by atoms with E-state index in [1.54, 1.807) is 0 Å². The highest BCUT2D eigenvalue weighted by atomic mass is 16.1. The van der Waals surface area contributed by atoms with Gasteiger partial charge in [0.05, 0.1) is 0 Å². The first kappa shape index (κ1) is 13.7. The van der Waals surface area contributed by atoms with E-state index in [0.717, 1.165) is 19.4 Å². The van der Waals surface area contributed by atoms with Crippen LogP contribution in [0, 0.1) is 0 Å². The van der Waals surface area contributed by atoms with Gasteiger partial charge in [-0.25, -0.2) is 0 Å². The fourth-order valence-electron chi connectivity index (χ4n) is 2.35. The number of aromatic nitrogens is 1. The number of fused-ring (bicyclic) bond motifs is 1. The Hall–Kier alpha value is -1.77. The topological polar surface area (TPSA) is 34.0 Å². The third-order valence-corrected chi connectivity index (χ3v) is 3.61. The van der Waals surface area contributed by atoms with Gasteiger partial charge >= 0.3 is 0 Å². The lowest BCUT2D eigenvalue weighted by Gasteiger charge is -2.14. The minimum absolute atomic E-state index is 0.145. The zero-order valence-corrected chi connectivity index (χ0v) is 11.7. The molecule has 0 atom stereocenters. The number of para-hydroxylation sites is 1. The highest BCUT2D eigenvalue weighted by Gasteiger charge is 2.08. The van der Waals surface area contributed by atoms with Crippen LogP contribution in [0.1, 0.15) is 33.1 Å². The Kier molecular flexibility index (Phi) is 4.61. The quantitative estimate of drug-likeness (QED) is 0.847. The molecule has 0 aliphatic heterocycles. The minimum atomic E-state index is 0.145. The van der Waals surface area contributed by atoms with E-state index in [2.05, 4.69) is 48.1 Å². The van der Waals surface area contributed by atoms with Gasteiger partial charge in [0.1, 0.15) is 0 Å². The van der Waals surface area contributed by atoms with Crippen molar-refractivity contribution in [3.8, 4) is 0 Å². The summed E-state index contributed by atoms with van der Waals surface area (Å²) in [4.78, 5) is 11.9. The summed E-state index contributed by atoms with van der Waals surface area (Å²) in [5, 5.41) is 4.30. The van der Waals surface area contributed by atoms with Crippen LogP contribution < -0.4 is 5.32 Å². The molecule has 3 nitrogen and oxygen atoms in total. The van der Waals surface area contributed by atoms with Crippen molar-refractivity contribution in [1.82, 2.24) is 9.88 Å². The highest BCUT2D eigenvalue weighted by Crippen LogP contribution is 2.15. The van der Waals surface area contributed by atoms with Crippen LogP contribution >= 0.6 is 0 Å². The molecule has 1 heterocycles. The van der Waals surface area contributed by atoms with Crippen LogP contribution in [0.2, 0.25) is 0 Å². The number of benzene rings is 1. The molecule has 0 aliphatic rings. The fourth-order valence-corrected chi connectivity index (χ4v) is 2.35. The van der Waals surface area contributed by atoms with Gasteiger partial charge in [-0.1, -0.05) is 32.0 Å². The summed E-state index contributed by atoms with van der Waals surface area (Å²) in [7, 11) is 0. The van der Waals surface area contributed by atoms with Crippen LogP contribution in [-0.2, 0) is 11.3 Å². The van der Waals surface area contributed by atoms with E-state index >= 15 is 0 Å². The summed E-state index contributed by atoms with van der Waals surface area (Å²) in [5.74, 6) is 0.145. The molecule has 19 heavy (non-hydrogen) atoms. The molecule has 0 saturated carbocycles. The predicted octanol–water partition coefficient (Wildman–Crippen LogP) is 3.34. The Bertz CT molecular complexity index is 540. The van der Waals surface area contributed by atoms with Crippen LogP contribution in [0.4, 0.5) is 0 Å². The van der Waals surface area contributed by atoms with Crippen LogP contribution in [0.5, 0.6) is 0 Å². The molecule has 2 aromatic rings. The van der Waals surface area contributed by atoms with Gasteiger partial charge in [0, 0.05) is 30.7 Å². The molecular weight excluding hydrogens is 236 g/mol. The Balaban J connectivity index is 1.93. The van der Waals surface area contributed by atoms with Crippen molar-refractivity contribution in [1.29, 1.82) is 0 Å². The molecule has 1 N–H and O–H groups in total. The molecule has 3 heteroatoms. The maximum Gasteiger partial charge on any atom is 0.222 e. The largest absolute Gasteiger partial charge is 0.353 e. The lowest BCUT2D eigenvalue weighted by Crippen LogP contribution is -2.34. The first-order chi connectivity index (χ1) is 9.24. The van der Waals surface area contributed by atoms with Crippen molar-refractivity contribution >= 4 is 16.8 Å². The second-order valence-electron chi connectivity index (χ2n) is 4.90. The molecule has 102 valence electrons. The number of rotatable bonds is 6. The van der Waals surface area contributed by atoms with Gasteiger partial charge in [-0.3, -0.25) is 4.79 Å². The van der Waals surface area contributed by atoms with Gasteiger partial charge in [0.25, 0.3) is 0 Å². The SMILES string of the molecule is CCC(CC)NC(=O)CCn1ccc2ccccc21. The Morgan fingerprint density at radius 2 is 1.95 bits per heavy atom. The number of amides is 1. The Labute approximate surface area is 114 Å². The molecule has 0 radical (unpaired) electrons. The van der Waals surface area contributed by atoms with Gasteiger partial charge in [0.2, 0.25) is 5.91 Å². The van der Waals surface area contributed by atoms with Gasteiger partial charge < -0.3 is 9.88 Å². The normalized spacial score (nSPS) is 11.1. The zero-order valence-electron chi connectivity index (χ0n) is 11.7. The standard InChI is InChI=1S/C16H22N2O/c1-3-14(4-2)17-16(19)10-12-18-11-9-13-7-5-6-8-15(13)18/h5-9,11,14H,3-4,10,12H2,1-2H3,(H,17,19). The number of hydrogen-bond donors (Lipinski definition) is 1. The number of nitrogens with zero attached hydrogens (tertiary/aromatic N) is 1. The molecule has 0 aliphatic carbocycles. The van der Waals surface area contributed by atoms with Crippen molar-refractivity contribution < 1.29 is 4.79 Å². The molecule has 0 fully saturated rings. The smallest absolute Gasteiger partial charge is 0.222 e. The van der Waals surface area contributed by atoms with Crippen molar-refractivity contribution in [3.05, 3.63) is 36.5 Å². The molecule has 0 spiro atoms. The molecule has 0 bridgehead atoms. The molecule has 0 saturated heterocycles. The van der Waals surface area contributed by atoms with Crippen molar-refractivity contribution in [3.63, 3.8) is 0 Å². The third kappa shape index (κ3) is 3.37. The van der Waals surface area contributed by atoms with E-state index in [1.807, 2.05) is 12.1 Å². The van der Waals surface area contributed by atoms with Gasteiger partial charge in [-0.15, -0.1) is 0 Å². The second-order valence-corrected chi connectivity index (χ2v) is 4.90. The Morgan fingerprint density at radius 3 is 2.68 bits per heavy atom. The number of aryl methyl sites for hydroxylation is 1. The molecule has 1 aromatic carbocycles. The molecule has 1 amide bonds. The number of nitrogens with one attached hydrogen (secondary N) is 1. The maximum atomic E-state index is 11.9. The van der Waals surface area contributed by atoms with Crippen molar-refractivity contribution in [2.24, 2.45) is 0 Å². The zero-order chi connectivity index (χ0) is 13.7. The van der Waals surface area contributed by atoms with Gasteiger partial charge in [-0.05, 0) is 30.4 Å². The summed E-state index contributed by atoms with van der Waals surface area (Å²) < 4.78 is 2.14. The predicted molar refractivity (Wildman–Crippen MR) is 79.1 cm³/mol. The monoisotopic (exact) mass is 258 g/mol. The maximum absolute atomic E-state index is 11.9. The number of hydrogen-bond acceptors (Lipinski definition) is 1. The van der Waals surface area contributed by atoms with E-state index in [4.69, 9.17) is 0 Å². The lowest BCUT2D eigenvalue weighted by atomic mass is 10.1. The van der Waals surface area contributed by atoms with E-state index in [9.17, 15) is 4.79 Å². The van der Waals surface area contributed by atoms with Crippen LogP contribution in [0.3, 0.4) is 0 Å². The lowest BCUT2D eigenvalue weighted by molar-refractivity contribution is -0.122. The summed E-state index contributed by atoms with van der Waals surface area (Å²) in [6.07, 6.45) is 4.58. The van der Waals surface area contributed by atoms with Crippen LogP contribution in [0.15, 0.2) is 36.5 Å². The highest BCUT2D eigenvalue weighted by molar-refractivity contribution is 5.80. The average Bonchev–Trinajstić information content (AvgIpc) is 2.86. The van der Waals surface area contributed by atoms with Gasteiger partial charge in [0.15, 0.2) is 0 Å². The summed E-state index contributed by atoms with van der Waals surface area (Å²) in [6.45, 7) is 4.95. The molecule has 2 rings (SSSR count). The summed E-state index contributed by atoms with van der Waals surface area (Å²) >= 11 is 0. The van der Waals surface area contributed by atoms with E-state index in [0.29, 0.717) is 12.5 Å². The second kappa shape index (κ2) is 6.41. The Morgan fingerprint density at radius 1 is 1.21 bits per heavy atom. The number of carbonyl (C=O) groups is 1. The van der Waals surface area contributed by atoms with E-state index < -0.39 is 0 Å². The first-order valence-corrected chi connectivity index (χ1v) is 7.07. The molecule has 0 unspecified atom stereocenters. The summed E-state index contributed by atoms with van der Waals surface area (Å²) in [5.41, 5.74) is 1.19. The van der Waals surface area contributed by atoms with Crippen molar-refractivity contribution in [2.75, 3.05) is 0 Å². The third-order valence-electron chi connectivity index (χ3n) is 3.61. The first-order valence-electron chi connectivity index (χ1n) is 7.07.